The molecule has 3 aliphatic heterocycles. The minimum absolute atomic E-state index is 0.0431. The van der Waals surface area contributed by atoms with Gasteiger partial charge in [0.05, 0.1) is 54.1 Å². The first kappa shape index (κ1) is 55.3. The van der Waals surface area contributed by atoms with E-state index in [9.17, 15) is 38.7 Å². The number of rotatable bonds is 7. The van der Waals surface area contributed by atoms with Gasteiger partial charge in [-0.25, -0.2) is 4.98 Å². The summed E-state index contributed by atoms with van der Waals surface area (Å²) in [4.78, 5) is 111. The molecule has 3 aliphatic rings. The molecule has 7 N–H and O–H groups in total. The molecule has 0 bridgehead atoms. The minimum atomic E-state index is -1.42. The largest absolute Gasteiger partial charge is 0.391 e. The highest BCUT2D eigenvalue weighted by Gasteiger charge is 2.45. The predicted molar refractivity (Wildman–Crippen MR) is 285 cm³/mol. The lowest BCUT2D eigenvalue weighted by molar-refractivity contribution is -0.144. The number of aliphatic hydroxyl groups is 1. The molecule has 0 unspecified atom stereocenters. The number of carbonyl (C=O) groups excluding carboxylic acids is 7. The van der Waals surface area contributed by atoms with Crippen molar-refractivity contribution in [1.82, 2.24) is 56.5 Å². The number of thiophene rings is 1. The molecule has 2 saturated heterocycles. The number of hydrogen-bond acceptors (Lipinski definition) is 15. The molecule has 0 radical (unpaired) electrons. The summed E-state index contributed by atoms with van der Waals surface area (Å²) in [7, 11) is 0. The van der Waals surface area contributed by atoms with Crippen molar-refractivity contribution in [3.63, 3.8) is 0 Å². The smallest absolute Gasteiger partial charge is 0.247 e. The summed E-state index contributed by atoms with van der Waals surface area (Å²) >= 11 is 9.29. The van der Waals surface area contributed by atoms with Gasteiger partial charge in [0, 0.05) is 53.5 Å². The number of nitrogens with one attached hydrogen (secondary N) is 6. The molecule has 8 rings (SSSR count). The van der Waals surface area contributed by atoms with Crippen molar-refractivity contribution in [3.05, 3.63) is 104 Å². The summed E-state index contributed by atoms with van der Waals surface area (Å²) in [6, 6.07) is 8.14. The van der Waals surface area contributed by atoms with E-state index < -0.39 is 89.6 Å². The van der Waals surface area contributed by atoms with Crippen molar-refractivity contribution in [2.45, 2.75) is 104 Å². The predicted octanol–water partition coefficient (Wildman–Crippen LogP) is 3.23. The summed E-state index contributed by atoms with van der Waals surface area (Å²) in [5.41, 5.74) is 6.14. The zero-order valence-corrected chi connectivity index (χ0v) is 45.5. The number of carbonyl (C=O) groups is 7. The number of hydrogen-bond donors (Lipinski definition) is 7. The van der Waals surface area contributed by atoms with Crippen LogP contribution < -0.4 is 31.9 Å². The van der Waals surface area contributed by atoms with Crippen LogP contribution in [-0.2, 0) is 38.3 Å². The number of aryl methyl sites for hydroxylation is 3. The number of aliphatic hydroxyl groups excluding tert-OH is 1. The van der Waals surface area contributed by atoms with Crippen molar-refractivity contribution >= 4 is 81.3 Å². The van der Waals surface area contributed by atoms with Crippen LogP contribution >= 0.6 is 34.3 Å². The number of aliphatic imine (C=N–C) groups is 1. The highest BCUT2D eigenvalue weighted by Crippen LogP contribution is 2.40. The van der Waals surface area contributed by atoms with Gasteiger partial charge in [-0.3, -0.25) is 43.1 Å². The van der Waals surface area contributed by atoms with E-state index in [0.717, 1.165) is 42.7 Å². The molecule has 3 aromatic heterocycles. The number of benzene rings is 2. The van der Waals surface area contributed by atoms with Gasteiger partial charge >= 0.3 is 0 Å². The third-order valence-corrected chi connectivity index (χ3v) is 15.8. The normalized spacial score (nSPS) is 22.5. The van der Waals surface area contributed by atoms with Crippen LogP contribution in [0.2, 0.25) is 5.02 Å². The number of amides is 7. The maximum atomic E-state index is 14.3. The fourth-order valence-electron chi connectivity index (χ4n) is 9.25. The van der Waals surface area contributed by atoms with Crippen LogP contribution in [0, 0.1) is 33.1 Å². The van der Waals surface area contributed by atoms with Crippen molar-refractivity contribution in [2.75, 3.05) is 39.4 Å². The summed E-state index contributed by atoms with van der Waals surface area (Å²) in [6.07, 6.45) is -1.61. The Balaban J connectivity index is 1.04. The van der Waals surface area contributed by atoms with Gasteiger partial charge in [-0.2, -0.15) is 0 Å². The van der Waals surface area contributed by atoms with Crippen LogP contribution in [0.3, 0.4) is 0 Å². The zero-order valence-electron chi connectivity index (χ0n) is 43.1. The van der Waals surface area contributed by atoms with Crippen LogP contribution in [-0.4, -0.2) is 140 Å². The minimum Gasteiger partial charge on any atom is -0.391 e. The molecule has 21 nitrogen and oxygen atoms in total. The van der Waals surface area contributed by atoms with Gasteiger partial charge in [0.2, 0.25) is 41.4 Å². The standard InChI is InChI=1S/C52H61ClN12O9S2/c1-26-28(3)76-51-41(26)42(30-12-14-33(53)15-13-30)59-35(46-63-62-29(4)65(46)51)21-39(68)55-22-36-47(70)54-17-19-74-18-16-38(67)60-45(52(5,6)7)50(73)64-24-34(66)20-37(64)48(71)61-43(49(72)56-23-40(69)58-36)31-8-10-32(11-9-31)44-27(2)57-25-75-44/h8-15,25,34-37,43,45,66H,16-24H2,1-7H3,(H,54,70)(H,55,68)(H,56,72)(H,58,69)(H,60,67)(H,61,71)/t34-,35+,36-,37+,43-,45-/m1/s1. The van der Waals surface area contributed by atoms with Gasteiger partial charge in [-0.15, -0.1) is 32.9 Å². The van der Waals surface area contributed by atoms with Gasteiger partial charge in [-0.1, -0.05) is 68.8 Å². The first-order valence-electron chi connectivity index (χ1n) is 24.8. The van der Waals surface area contributed by atoms with Gasteiger partial charge in [-0.05, 0) is 61.9 Å². The Bertz CT molecular complexity index is 3060. The van der Waals surface area contributed by atoms with E-state index in [0.29, 0.717) is 27.9 Å². The highest BCUT2D eigenvalue weighted by molar-refractivity contribution is 7.15. The molecule has 0 spiro atoms. The Hall–Kier alpha value is -6.92. The molecule has 5 aromatic rings. The number of nitrogens with zero attached hydrogens (tertiary/aromatic N) is 6. The second-order valence-electron chi connectivity index (χ2n) is 20.0. The summed E-state index contributed by atoms with van der Waals surface area (Å²) in [5.74, 6) is -3.66. The lowest BCUT2D eigenvalue weighted by Crippen LogP contribution is -2.58. The summed E-state index contributed by atoms with van der Waals surface area (Å²) in [5, 5.41) is 37.3. The van der Waals surface area contributed by atoms with Gasteiger partial charge in [0.25, 0.3) is 0 Å². The molecular formula is C52H61ClN12O9S2. The van der Waals surface area contributed by atoms with E-state index >= 15 is 0 Å². The van der Waals surface area contributed by atoms with Crippen LogP contribution in [0.1, 0.15) is 96.6 Å². The first-order chi connectivity index (χ1) is 36.2. The molecule has 76 heavy (non-hydrogen) atoms. The lowest BCUT2D eigenvalue weighted by atomic mass is 9.85. The zero-order chi connectivity index (χ0) is 54.6. The SMILES string of the molecule is Cc1ncsc1-c1ccc([C@H]2NC(=O)[C@@H]3C[C@@H](O)CN3C(=O)[C@H](C(C)(C)C)NC(=O)CCOCCNC(=O)[C@@H](CNC(=O)C[C@@H]3N=C(c4ccc(Cl)cc4)c4c(sc(C)c4C)-n4c(C)nnc43)NC(=O)CNC2=O)cc1. The molecule has 24 heteroatoms. The monoisotopic (exact) mass is 1100 g/mol. The Morgan fingerprint density at radius 2 is 1.61 bits per heavy atom. The molecule has 6 heterocycles. The van der Waals surface area contributed by atoms with Crippen LogP contribution in [0.15, 0.2) is 59.0 Å². The first-order valence-corrected chi connectivity index (χ1v) is 26.9. The number of ether oxygens (including phenoxy) is 1. The average Bonchev–Trinajstić information content (AvgIpc) is 4.18. The number of aromatic nitrogens is 4. The van der Waals surface area contributed by atoms with E-state index in [1.807, 2.05) is 44.4 Å². The Morgan fingerprint density at radius 1 is 0.882 bits per heavy atom. The molecule has 0 aliphatic carbocycles. The maximum absolute atomic E-state index is 14.3. The number of thiazole rings is 1. The molecule has 0 saturated carbocycles. The second kappa shape index (κ2) is 23.5. The Kier molecular flexibility index (Phi) is 17.1. The van der Waals surface area contributed by atoms with Crippen molar-refractivity contribution in [3.8, 4) is 15.4 Å². The average molecular weight is 1100 g/mol. The fourth-order valence-corrected chi connectivity index (χ4v) is 11.4. The Labute approximate surface area is 452 Å². The third-order valence-electron chi connectivity index (χ3n) is 13.4. The molecule has 2 fully saturated rings. The second-order valence-corrected chi connectivity index (χ2v) is 22.5. The quantitative estimate of drug-likeness (QED) is 0.124. The van der Waals surface area contributed by atoms with Gasteiger partial charge in [0.1, 0.15) is 41.0 Å². The maximum Gasteiger partial charge on any atom is 0.247 e. The molecular weight excluding hydrogens is 1040 g/mol. The van der Waals surface area contributed by atoms with Crippen LogP contribution in [0.4, 0.5) is 0 Å². The molecule has 6 atom stereocenters. The molecule has 7 amide bonds. The topological polar surface area (TPSA) is 280 Å². The lowest BCUT2D eigenvalue weighted by Gasteiger charge is -2.35. The fraction of sp³-hybridized carbons (Fsp3) is 0.442. The van der Waals surface area contributed by atoms with Crippen LogP contribution in [0.5, 0.6) is 0 Å². The summed E-state index contributed by atoms with van der Waals surface area (Å²) in [6.45, 7) is 11.6. The van der Waals surface area contributed by atoms with Crippen molar-refractivity contribution in [2.24, 2.45) is 10.4 Å². The molecule has 402 valence electrons. The van der Waals surface area contributed by atoms with Crippen molar-refractivity contribution < 1.29 is 43.4 Å². The third kappa shape index (κ3) is 12.5. The Morgan fingerprint density at radius 3 is 2.30 bits per heavy atom. The van der Waals surface area contributed by atoms with E-state index in [1.54, 1.807) is 74.0 Å². The van der Waals surface area contributed by atoms with Gasteiger partial charge in [0.15, 0.2) is 5.82 Å². The molecule has 2 aromatic carbocycles. The van der Waals surface area contributed by atoms with E-state index in [2.05, 4.69) is 47.1 Å². The summed E-state index contributed by atoms with van der Waals surface area (Å²) < 4.78 is 7.57. The number of fused-ring (bicyclic) bond motifs is 4. The number of halogens is 1. The van der Waals surface area contributed by atoms with Gasteiger partial charge < -0.3 is 46.6 Å². The highest BCUT2D eigenvalue weighted by atomic mass is 35.5. The van der Waals surface area contributed by atoms with E-state index in [-0.39, 0.29) is 52.1 Å². The van der Waals surface area contributed by atoms with Crippen LogP contribution in [0.25, 0.3) is 15.4 Å². The van der Waals surface area contributed by atoms with E-state index in [4.69, 9.17) is 21.3 Å². The van der Waals surface area contributed by atoms with Crippen molar-refractivity contribution in [1.29, 1.82) is 0 Å². The van der Waals surface area contributed by atoms with E-state index in [1.165, 1.54) is 16.2 Å².